The van der Waals surface area contributed by atoms with Gasteiger partial charge in [-0.15, -0.1) is 0 Å². The lowest BCUT2D eigenvalue weighted by Crippen LogP contribution is -2.24. The zero-order chi connectivity index (χ0) is 12.8. The molecule has 0 saturated carbocycles. The molecule has 0 saturated heterocycles. The second-order valence-corrected chi connectivity index (χ2v) is 4.53. The Kier molecular flexibility index (Phi) is 4.53. The second kappa shape index (κ2) is 6.36. The molecule has 0 spiro atoms. The van der Waals surface area contributed by atoms with Crippen LogP contribution < -0.4 is 5.32 Å². The fraction of sp³-hybridized carbons (Fsp3) is 0.400. The molecule has 1 unspecified atom stereocenters. The molecule has 0 fully saturated rings. The van der Waals surface area contributed by atoms with Crippen molar-refractivity contribution in [3.8, 4) is 0 Å². The molecule has 0 radical (unpaired) electrons. The number of imidazole rings is 1. The Morgan fingerprint density at radius 3 is 2.67 bits per heavy atom. The fourth-order valence-corrected chi connectivity index (χ4v) is 2.18. The van der Waals surface area contributed by atoms with Gasteiger partial charge in [0.25, 0.3) is 0 Å². The van der Waals surface area contributed by atoms with Gasteiger partial charge >= 0.3 is 0 Å². The maximum Gasteiger partial charge on any atom is 0.109 e. The zero-order valence-corrected chi connectivity index (χ0v) is 11.1. The van der Waals surface area contributed by atoms with E-state index in [0.29, 0.717) is 6.04 Å². The lowest BCUT2D eigenvalue weighted by Gasteiger charge is -2.17. The van der Waals surface area contributed by atoms with Crippen LogP contribution in [-0.4, -0.2) is 16.1 Å². The van der Waals surface area contributed by atoms with Crippen LogP contribution in [0.5, 0.6) is 0 Å². The average molecular weight is 243 g/mol. The van der Waals surface area contributed by atoms with Crippen molar-refractivity contribution in [2.75, 3.05) is 6.54 Å². The molecule has 0 aliphatic carbocycles. The summed E-state index contributed by atoms with van der Waals surface area (Å²) in [7, 11) is 2.04. The van der Waals surface area contributed by atoms with Gasteiger partial charge in [-0.05, 0) is 12.0 Å². The summed E-state index contributed by atoms with van der Waals surface area (Å²) in [5, 5.41) is 3.60. The molecule has 0 amide bonds. The smallest absolute Gasteiger partial charge is 0.109 e. The van der Waals surface area contributed by atoms with Gasteiger partial charge in [0.05, 0.1) is 0 Å². The van der Waals surface area contributed by atoms with E-state index in [-0.39, 0.29) is 0 Å². The van der Waals surface area contributed by atoms with Crippen LogP contribution in [0, 0.1) is 0 Å². The average Bonchev–Trinajstić information content (AvgIpc) is 2.81. The van der Waals surface area contributed by atoms with E-state index >= 15 is 0 Å². The molecule has 3 nitrogen and oxygen atoms in total. The Balaban J connectivity index is 1.87. The van der Waals surface area contributed by atoms with E-state index < -0.39 is 0 Å². The summed E-state index contributed by atoms with van der Waals surface area (Å²) < 4.78 is 2.07. The first-order valence-electron chi connectivity index (χ1n) is 6.55. The number of aromatic nitrogens is 2. The number of benzene rings is 1. The molecular weight excluding hydrogens is 222 g/mol. The summed E-state index contributed by atoms with van der Waals surface area (Å²) in [5.74, 6) is 1.13. The predicted octanol–water partition coefficient (Wildman–Crippen LogP) is 2.70. The van der Waals surface area contributed by atoms with Gasteiger partial charge in [-0.25, -0.2) is 4.98 Å². The quantitative estimate of drug-likeness (QED) is 0.845. The zero-order valence-electron chi connectivity index (χ0n) is 11.1. The van der Waals surface area contributed by atoms with E-state index in [1.54, 1.807) is 0 Å². The van der Waals surface area contributed by atoms with E-state index in [1.165, 1.54) is 5.56 Å². The molecule has 3 heteroatoms. The number of hydrogen-bond donors (Lipinski definition) is 1. The van der Waals surface area contributed by atoms with Gasteiger partial charge in [0.2, 0.25) is 0 Å². The van der Waals surface area contributed by atoms with Gasteiger partial charge in [-0.2, -0.15) is 0 Å². The molecular formula is C15H21N3. The Labute approximate surface area is 109 Å². The summed E-state index contributed by atoms with van der Waals surface area (Å²) in [6, 6.07) is 11.1. The number of aryl methyl sites for hydroxylation is 1. The monoisotopic (exact) mass is 243 g/mol. The first-order chi connectivity index (χ1) is 8.81. The Morgan fingerprint density at radius 2 is 2.06 bits per heavy atom. The van der Waals surface area contributed by atoms with Crippen LogP contribution in [0.15, 0.2) is 42.7 Å². The van der Waals surface area contributed by atoms with Gasteiger partial charge < -0.3 is 9.88 Å². The predicted molar refractivity (Wildman–Crippen MR) is 74.4 cm³/mol. The Morgan fingerprint density at radius 1 is 1.28 bits per heavy atom. The maximum atomic E-state index is 4.33. The summed E-state index contributed by atoms with van der Waals surface area (Å²) >= 11 is 0. The molecule has 18 heavy (non-hydrogen) atoms. The van der Waals surface area contributed by atoms with E-state index in [1.807, 2.05) is 19.4 Å². The van der Waals surface area contributed by atoms with Crippen LogP contribution >= 0.6 is 0 Å². The molecule has 96 valence electrons. The normalized spacial score (nSPS) is 12.6. The van der Waals surface area contributed by atoms with Gasteiger partial charge in [0.15, 0.2) is 0 Å². The van der Waals surface area contributed by atoms with Crippen LogP contribution in [0.2, 0.25) is 0 Å². The molecule has 1 aromatic carbocycles. The Hall–Kier alpha value is -1.61. The molecule has 1 aromatic heterocycles. The lowest BCUT2D eigenvalue weighted by atomic mass is 10.0. The number of rotatable bonds is 6. The summed E-state index contributed by atoms with van der Waals surface area (Å²) in [5.41, 5.74) is 1.36. The third-order valence-electron chi connectivity index (χ3n) is 3.27. The Bertz CT molecular complexity index is 462. The molecule has 0 aliphatic heterocycles. The van der Waals surface area contributed by atoms with Crippen LogP contribution in [0.25, 0.3) is 0 Å². The van der Waals surface area contributed by atoms with Gasteiger partial charge in [0, 0.05) is 38.4 Å². The van der Waals surface area contributed by atoms with Crippen molar-refractivity contribution in [2.24, 2.45) is 7.05 Å². The standard InChI is InChI=1S/C15H21N3/c1-3-14(13-7-5-4-6-8-13)16-10-9-15-17-11-12-18(15)2/h4-8,11-12,14,16H,3,9-10H2,1-2H3. The summed E-state index contributed by atoms with van der Waals surface area (Å²) in [6.07, 6.45) is 5.91. The van der Waals surface area contributed by atoms with Crippen molar-refractivity contribution in [2.45, 2.75) is 25.8 Å². The van der Waals surface area contributed by atoms with Crippen LogP contribution in [0.4, 0.5) is 0 Å². The highest BCUT2D eigenvalue weighted by molar-refractivity contribution is 5.18. The molecule has 2 aromatic rings. The van der Waals surface area contributed by atoms with Crippen molar-refractivity contribution in [3.05, 3.63) is 54.1 Å². The molecule has 1 atom stereocenters. The minimum atomic E-state index is 0.437. The van der Waals surface area contributed by atoms with Crippen molar-refractivity contribution in [3.63, 3.8) is 0 Å². The second-order valence-electron chi connectivity index (χ2n) is 4.53. The largest absolute Gasteiger partial charge is 0.338 e. The topological polar surface area (TPSA) is 29.9 Å². The van der Waals surface area contributed by atoms with E-state index in [4.69, 9.17) is 0 Å². The third kappa shape index (κ3) is 3.20. The van der Waals surface area contributed by atoms with Crippen LogP contribution in [0.3, 0.4) is 0 Å². The van der Waals surface area contributed by atoms with Crippen molar-refractivity contribution < 1.29 is 0 Å². The van der Waals surface area contributed by atoms with E-state index in [0.717, 1.165) is 25.2 Å². The first-order valence-corrected chi connectivity index (χ1v) is 6.55. The van der Waals surface area contributed by atoms with Crippen LogP contribution in [-0.2, 0) is 13.5 Å². The highest BCUT2D eigenvalue weighted by Crippen LogP contribution is 2.15. The van der Waals surface area contributed by atoms with Crippen molar-refractivity contribution in [1.82, 2.24) is 14.9 Å². The van der Waals surface area contributed by atoms with Gasteiger partial charge in [-0.1, -0.05) is 37.3 Å². The number of nitrogens with zero attached hydrogens (tertiary/aromatic N) is 2. The van der Waals surface area contributed by atoms with Gasteiger partial charge in [0.1, 0.15) is 5.82 Å². The highest BCUT2D eigenvalue weighted by Gasteiger charge is 2.08. The minimum Gasteiger partial charge on any atom is -0.338 e. The minimum absolute atomic E-state index is 0.437. The fourth-order valence-electron chi connectivity index (χ4n) is 2.18. The molecule has 0 bridgehead atoms. The summed E-state index contributed by atoms with van der Waals surface area (Å²) in [6.45, 7) is 3.17. The highest BCUT2D eigenvalue weighted by atomic mass is 15.0. The number of hydrogen-bond acceptors (Lipinski definition) is 2. The molecule has 1 N–H and O–H groups in total. The summed E-state index contributed by atoms with van der Waals surface area (Å²) in [4.78, 5) is 4.33. The molecule has 1 heterocycles. The van der Waals surface area contributed by atoms with E-state index in [9.17, 15) is 0 Å². The van der Waals surface area contributed by atoms with Crippen LogP contribution in [0.1, 0.15) is 30.8 Å². The first kappa shape index (κ1) is 12.8. The number of nitrogens with one attached hydrogen (secondary N) is 1. The lowest BCUT2D eigenvalue weighted by molar-refractivity contribution is 0.516. The maximum absolute atomic E-state index is 4.33. The molecule has 0 aliphatic rings. The van der Waals surface area contributed by atoms with Crippen molar-refractivity contribution >= 4 is 0 Å². The third-order valence-corrected chi connectivity index (χ3v) is 3.27. The van der Waals surface area contributed by atoms with Gasteiger partial charge in [-0.3, -0.25) is 0 Å². The van der Waals surface area contributed by atoms with E-state index in [2.05, 4.69) is 52.1 Å². The SMILES string of the molecule is CCC(NCCc1nccn1C)c1ccccc1. The molecule has 2 rings (SSSR count). The van der Waals surface area contributed by atoms with Crippen molar-refractivity contribution in [1.29, 1.82) is 0 Å².